The molecular weight excluding hydrogens is 285 g/mol. The van der Waals surface area contributed by atoms with E-state index < -0.39 is 11.7 Å². The van der Waals surface area contributed by atoms with Crippen LogP contribution < -0.4 is 5.32 Å². The summed E-state index contributed by atoms with van der Waals surface area (Å²) in [5, 5.41) is 4.22. The fraction of sp³-hybridized carbons (Fsp3) is 0.357. The van der Waals surface area contributed by atoms with Crippen molar-refractivity contribution in [2.75, 3.05) is 6.54 Å². The van der Waals surface area contributed by atoms with Crippen molar-refractivity contribution in [3.63, 3.8) is 0 Å². The quantitative estimate of drug-likeness (QED) is 0.916. The van der Waals surface area contributed by atoms with E-state index in [4.69, 9.17) is 0 Å². The number of halogens is 3. The second-order valence-electron chi connectivity index (χ2n) is 4.39. The highest BCUT2D eigenvalue weighted by molar-refractivity contribution is 7.11. The maximum atomic E-state index is 12.6. The van der Waals surface area contributed by atoms with Crippen molar-refractivity contribution in [1.82, 2.24) is 10.3 Å². The first-order chi connectivity index (χ1) is 9.41. The highest BCUT2D eigenvalue weighted by atomic mass is 32.1. The zero-order valence-electron chi connectivity index (χ0n) is 11.2. The average Bonchev–Trinajstić information content (AvgIpc) is 2.81. The molecule has 0 amide bonds. The van der Waals surface area contributed by atoms with Crippen molar-refractivity contribution in [3.05, 3.63) is 51.5 Å². The Morgan fingerprint density at radius 1 is 1.25 bits per heavy atom. The Hall–Kier alpha value is -1.40. The van der Waals surface area contributed by atoms with Crippen molar-refractivity contribution < 1.29 is 13.2 Å². The molecule has 6 heteroatoms. The second-order valence-corrected chi connectivity index (χ2v) is 5.66. The van der Waals surface area contributed by atoms with Gasteiger partial charge < -0.3 is 5.32 Å². The number of aryl methyl sites for hydroxylation is 1. The number of aromatic nitrogens is 1. The van der Waals surface area contributed by atoms with Crippen LogP contribution in [0.25, 0.3) is 0 Å². The predicted octanol–water partition coefficient (Wildman–Crippen LogP) is 4.17. The van der Waals surface area contributed by atoms with Gasteiger partial charge in [-0.25, -0.2) is 4.98 Å². The van der Waals surface area contributed by atoms with Crippen LogP contribution in [0.1, 0.15) is 34.0 Å². The molecule has 0 bridgehead atoms. The summed E-state index contributed by atoms with van der Waals surface area (Å²) in [5.74, 6) is 0. The van der Waals surface area contributed by atoms with Crippen LogP contribution in [0.5, 0.6) is 0 Å². The topological polar surface area (TPSA) is 24.9 Å². The summed E-state index contributed by atoms with van der Waals surface area (Å²) < 4.78 is 37.7. The van der Waals surface area contributed by atoms with Crippen LogP contribution >= 0.6 is 11.3 Å². The smallest absolute Gasteiger partial charge is 0.306 e. The molecule has 0 saturated heterocycles. The third-order valence-electron chi connectivity index (χ3n) is 2.90. The molecule has 1 unspecified atom stereocenters. The molecule has 20 heavy (non-hydrogen) atoms. The molecule has 0 spiro atoms. The molecule has 108 valence electrons. The van der Waals surface area contributed by atoms with Crippen molar-refractivity contribution in [2.24, 2.45) is 0 Å². The summed E-state index contributed by atoms with van der Waals surface area (Å²) in [6.45, 7) is 4.59. The van der Waals surface area contributed by atoms with Gasteiger partial charge in [0.25, 0.3) is 0 Å². The lowest BCUT2D eigenvalue weighted by molar-refractivity contribution is -0.137. The van der Waals surface area contributed by atoms with Crippen molar-refractivity contribution in [2.45, 2.75) is 26.1 Å². The maximum absolute atomic E-state index is 12.6. The van der Waals surface area contributed by atoms with Crippen LogP contribution in [-0.2, 0) is 6.18 Å². The zero-order valence-corrected chi connectivity index (χ0v) is 12.0. The predicted molar refractivity (Wildman–Crippen MR) is 73.8 cm³/mol. The number of benzene rings is 1. The molecule has 2 rings (SSSR count). The Bertz CT molecular complexity index is 561. The van der Waals surface area contributed by atoms with Gasteiger partial charge in [0.1, 0.15) is 0 Å². The number of nitrogens with zero attached hydrogens (tertiary/aromatic N) is 1. The van der Waals surface area contributed by atoms with Gasteiger partial charge in [-0.2, -0.15) is 13.2 Å². The molecule has 0 radical (unpaired) electrons. The lowest BCUT2D eigenvalue weighted by Gasteiger charge is -2.17. The molecule has 0 saturated carbocycles. The van der Waals surface area contributed by atoms with Crippen LogP contribution in [0.15, 0.2) is 30.5 Å². The number of nitrogens with one attached hydrogen (secondary N) is 1. The van der Waals surface area contributed by atoms with Crippen LogP contribution in [0.2, 0.25) is 0 Å². The Morgan fingerprint density at radius 3 is 2.35 bits per heavy atom. The maximum Gasteiger partial charge on any atom is 0.416 e. The molecule has 1 N–H and O–H groups in total. The monoisotopic (exact) mass is 300 g/mol. The van der Waals surface area contributed by atoms with E-state index in [0.29, 0.717) is 0 Å². The van der Waals surface area contributed by atoms with E-state index >= 15 is 0 Å². The molecule has 1 heterocycles. The Balaban J connectivity index is 2.30. The summed E-state index contributed by atoms with van der Waals surface area (Å²) >= 11 is 1.54. The first kappa shape index (κ1) is 15.0. The molecule has 1 aromatic heterocycles. The van der Waals surface area contributed by atoms with Crippen molar-refractivity contribution in [1.29, 1.82) is 0 Å². The minimum Gasteiger partial charge on any atom is -0.306 e. The summed E-state index contributed by atoms with van der Waals surface area (Å²) in [5.41, 5.74) is 0.181. The normalized spacial score (nSPS) is 13.4. The minimum atomic E-state index is -4.30. The van der Waals surface area contributed by atoms with Crippen LogP contribution in [0.4, 0.5) is 13.2 Å². The Kier molecular flexibility index (Phi) is 4.45. The summed E-state index contributed by atoms with van der Waals surface area (Å²) in [4.78, 5) is 5.20. The van der Waals surface area contributed by atoms with E-state index in [9.17, 15) is 13.2 Å². The fourth-order valence-electron chi connectivity index (χ4n) is 1.96. The van der Waals surface area contributed by atoms with Gasteiger partial charge in [-0.05, 0) is 31.2 Å². The molecule has 0 fully saturated rings. The standard InChI is InChI=1S/C14H15F3N2S/c1-3-18-13(12-8-19-9(2)20-12)10-4-6-11(7-5-10)14(15,16)17/h4-8,13,18H,3H2,1-2H3. The number of alkyl halides is 3. The number of hydrogen-bond donors (Lipinski definition) is 1. The van der Waals surface area contributed by atoms with E-state index in [2.05, 4.69) is 10.3 Å². The number of hydrogen-bond acceptors (Lipinski definition) is 3. The van der Waals surface area contributed by atoms with Crippen molar-refractivity contribution in [3.8, 4) is 0 Å². The van der Waals surface area contributed by atoms with Gasteiger partial charge in [-0.1, -0.05) is 19.1 Å². The van der Waals surface area contributed by atoms with Gasteiger partial charge in [0.2, 0.25) is 0 Å². The van der Waals surface area contributed by atoms with Gasteiger partial charge >= 0.3 is 6.18 Å². The lowest BCUT2D eigenvalue weighted by Crippen LogP contribution is -2.21. The Labute approximate surface area is 119 Å². The lowest BCUT2D eigenvalue weighted by atomic mass is 10.0. The SMILES string of the molecule is CCNC(c1ccc(C(F)(F)F)cc1)c1cnc(C)s1. The van der Waals surface area contributed by atoms with Gasteiger partial charge in [0, 0.05) is 11.1 Å². The fourth-order valence-corrected chi connectivity index (χ4v) is 2.85. The largest absolute Gasteiger partial charge is 0.416 e. The van der Waals surface area contributed by atoms with Gasteiger partial charge in [0.05, 0.1) is 16.6 Å². The first-order valence-electron chi connectivity index (χ1n) is 6.24. The Morgan fingerprint density at radius 2 is 1.90 bits per heavy atom. The average molecular weight is 300 g/mol. The molecule has 2 nitrogen and oxygen atoms in total. The van der Waals surface area contributed by atoms with Crippen LogP contribution in [-0.4, -0.2) is 11.5 Å². The van der Waals surface area contributed by atoms with E-state index in [-0.39, 0.29) is 6.04 Å². The van der Waals surface area contributed by atoms with Gasteiger partial charge in [-0.3, -0.25) is 0 Å². The highest BCUT2D eigenvalue weighted by Crippen LogP contribution is 2.32. The molecule has 0 aliphatic carbocycles. The van der Waals surface area contributed by atoms with E-state index in [1.807, 2.05) is 13.8 Å². The molecule has 1 atom stereocenters. The summed E-state index contributed by atoms with van der Waals surface area (Å²) in [6.07, 6.45) is -2.53. The number of rotatable bonds is 4. The van der Waals surface area contributed by atoms with E-state index in [1.165, 1.54) is 12.1 Å². The van der Waals surface area contributed by atoms with Crippen molar-refractivity contribution >= 4 is 11.3 Å². The molecule has 1 aromatic carbocycles. The van der Waals surface area contributed by atoms with E-state index in [1.54, 1.807) is 17.5 Å². The van der Waals surface area contributed by atoms with E-state index in [0.717, 1.165) is 34.1 Å². The second kappa shape index (κ2) is 5.93. The van der Waals surface area contributed by atoms with Gasteiger partial charge in [0.15, 0.2) is 0 Å². The minimum absolute atomic E-state index is 0.117. The number of thiazole rings is 1. The third-order valence-corrected chi connectivity index (χ3v) is 3.88. The van der Waals surface area contributed by atoms with Gasteiger partial charge in [-0.15, -0.1) is 11.3 Å². The summed E-state index contributed by atoms with van der Waals surface area (Å²) in [6, 6.07) is 5.16. The molecular formula is C14H15F3N2S. The van der Waals surface area contributed by atoms with Crippen LogP contribution in [0, 0.1) is 6.92 Å². The third kappa shape index (κ3) is 3.37. The molecule has 0 aliphatic rings. The molecule has 2 aromatic rings. The first-order valence-corrected chi connectivity index (χ1v) is 7.06. The summed E-state index contributed by atoms with van der Waals surface area (Å²) in [7, 11) is 0. The molecule has 0 aliphatic heterocycles. The zero-order chi connectivity index (χ0) is 14.8. The van der Waals surface area contributed by atoms with Crippen LogP contribution in [0.3, 0.4) is 0 Å². The highest BCUT2D eigenvalue weighted by Gasteiger charge is 2.30.